The van der Waals surface area contributed by atoms with Crippen molar-refractivity contribution < 1.29 is 9.18 Å². The van der Waals surface area contributed by atoms with E-state index < -0.39 is 0 Å². The highest BCUT2D eigenvalue weighted by molar-refractivity contribution is 6.30. The number of nitrogens with one attached hydrogen (secondary N) is 1. The monoisotopic (exact) mass is 244 g/mol. The van der Waals surface area contributed by atoms with Crippen molar-refractivity contribution in [2.75, 3.05) is 13.1 Å². The van der Waals surface area contributed by atoms with Crippen LogP contribution in [-0.2, 0) is 11.2 Å². The molecule has 0 unspecified atom stereocenters. The van der Waals surface area contributed by atoms with Gasteiger partial charge in [-0.3, -0.25) is 4.79 Å². The van der Waals surface area contributed by atoms with E-state index in [0.717, 1.165) is 0 Å². The van der Waals surface area contributed by atoms with Gasteiger partial charge < -0.3 is 11.1 Å². The summed E-state index contributed by atoms with van der Waals surface area (Å²) in [6, 6.07) is 4.37. The lowest BCUT2D eigenvalue weighted by molar-refractivity contribution is -0.120. The first-order valence-electron chi connectivity index (χ1n) is 5.04. The molecule has 0 aromatic heterocycles. The summed E-state index contributed by atoms with van der Waals surface area (Å²) in [5.41, 5.74) is 5.72. The van der Waals surface area contributed by atoms with Crippen molar-refractivity contribution >= 4 is 17.5 Å². The second-order valence-corrected chi connectivity index (χ2v) is 3.81. The molecule has 1 rings (SSSR count). The number of hydrogen-bond acceptors (Lipinski definition) is 2. The van der Waals surface area contributed by atoms with Crippen LogP contribution in [0.5, 0.6) is 0 Å². The van der Waals surface area contributed by atoms with Gasteiger partial charge in [-0.1, -0.05) is 11.6 Å². The van der Waals surface area contributed by atoms with Gasteiger partial charge in [-0.05, 0) is 30.2 Å². The lowest BCUT2D eigenvalue weighted by atomic mass is 10.1. The maximum atomic E-state index is 13.3. The molecule has 88 valence electrons. The van der Waals surface area contributed by atoms with Gasteiger partial charge in [-0.25, -0.2) is 4.39 Å². The molecule has 16 heavy (non-hydrogen) atoms. The Labute approximate surface area is 98.8 Å². The molecule has 0 spiro atoms. The van der Waals surface area contributed by atoms with E-state index in [1.54, 1.807) is 6.07 Å². The first-order valence-corrected chi connectivity index (χ1v) is 5.42. The molecule has 3 N–H and O–H groups in total. The van der Waals surface area contributed by atoms with Crippen molar-refractivity contribution in [2.45, 2.75) is 12.8 Å². The van der Waals surface area contributed by atoms with E-state index in [0.29, 0.717) is 30.1 Å². The fraction of sp³-hybridized carbons (Fsp3) is 0.364. The summed E-state index contributed by atoms with van der Waals surface area (Å²) in [7, 11) is 0. The third kappa shape index (κ3) is 4.16. The van der Waals surface area contributed by atoms with Gasteiger partial charge in [0.25, 0.3) is 0 Å². The van der Waals surface area contributed by atoms with Gasteiger partial charge in [0, 0.05) is 24.5 Å². The zero-order valence-corrected chi connectivity index (χ0v) is 9.56. The Hall–Kier alpha value is -1.13. The van der Waals surface area contributed by atoms with Gasteiger partial charge >= 0.3 is 0 Å². The maximum absolute atomic E-state index is 13.3. The fourth-order valence-electron chi connectivity index (χ4n) is 1.29. The van der Waals surface area contributed by atoms with E-state index in [9.17, 15) is 9.18 Å². The number of benzene rings is 1. The first-order chi connectivity index (χ1) is 7.63. The molecule has 5 heteroatoms. The van der Waals surface area contributed by atoms with Crippen LogP contribution in [0.15, 0.2) is 18.2 Å². The standard InChI is InChI=1S/C11H14ClFN2O/c12-9-1-2-10(13)8(7-9)4-6-15-11(16)3-5-14/h1-2,7H,3-6,14H2,(H,15,16). The van der Waals surface area contributed by atoms with E-state index in [1.807, 2.05) is 0 Å². The van der Waals surface area contributed by atoms with Crippen LogP contribution in [0, 0.1) is 5.82 Å². The molecule has 1 aromatic carbocycles. The summed E-state index contributed by atoms with van der Waals surface area (Å²) in [6.45, 7) is 0.702. The van der Waals surface area contributed by atoms with Gasteiger partial charge in [0.05, 0.1) is 0 Å². The molecule has 3 nitrogen and oxygen atoms in total. The molecular weight excluding hydrogens is 231 g/mol. The molecule has 0 aliphatic heterocycles. The third-order valence-corrected chi connectivity index (χ3v) is 2.33. The van der Waals surface area contributed by atoms with Crippen molar-refractivity contribution in [3.8, 4) is 0 Å². The molecule has 0 bridgehead atoms. The lowest BCUT2D eigenvalue weighted by Crippen LogP contribution is -2.27. The predicted molar refractivity (Wildman–Crippen MR) is 61.8 cm³/mol. The van der Waals surface area contributed by atoms with Crippen molar-refractivity contribution in [3.63, 3.8) is 0 Å². The topological polar surface area (TPSA) is 55.1 Å². The smallest absolute Gasteiger partial charge is 0.221 e. The Kier molecular flexibility index (Phi) is 5.22. The predicted octanol–water partition coefficient (Wildman–Crippen LogP) is 1.49. The molecule has 0 radical (unpaired) electrons. The molecule has 0 aliphatic rings. The van der Waals surface area contributed by atoms with E-state index in [-0.39, 0.29) is 18.1 Å². The minimum Gasteiger partial charge on any atom is -0.356 e. The van der Waals surface area contributed by atoms with Crippen LogP contribution in [-0.4, -0.2) is 19.0 Å². The Morgan fingerprint density at radius 2 is 2.25 bits per heavy atom. The number of halogens is 2. The maximum Gasteiger partial charge on any atom is 0.221 e. The lowest BCUT2D eigenvalue weighted by Gasteiger charge is -2.05. The van der Waals surface area contributed by atoms with Crippen LogP contribution in [0.25, 0.3) is 0 Å². The van der Waals surface area contributed by atoms with E-state index in [1.165, 1.54) is 12.1 Å². The summed E-state index contributed by atoms with van der Waals surface area (Å²) in [6.07, 6.45) is 0.709. The van der Waals surface area contributed by atoms with Crippen LogP contribution in [0.4, 0.5) is 4.39 Å². The molecule has 0 aliphatic carbocycles. The molecule has 0 atom stereocenters. The van der Waals surface area contributed by atoms with Gasteiger partial charge in [-0.2, -0.15) is 0 Å². The van der Waals surface area contributed by atoms with E-state index in [4.69, 9.17) is 17.3 Å². The van der Waals surface area contributed by atoms with E-state index in [2.05, 4.69) is 5.32 Å². The number of amides is 1. The van der Waals surface area contributed by atoms with Gasteiger partial charge in [-0.15, -0.1) is 0 Å². The molecule has 1 aromatic rings. The van der Waals surface area contributed by atoms with Crippen LogP contribution in [0.3, 0.4) is 0 Å². The van der Waals surface area contributed by atoms with Crippen LogP contribution >= 0.6 is 11.6 Å². The third-order valence-electron chi connectivity index (χ3n) is 2.10. The zero-order chi connectivity index (χ0) is 12.0. The second-order valence-electron chi connectivity index (χ2n) is 3.37. The average molecular weight is 245 g/mol. The minimum absolute atomic E-state index is 0.120. The van der Waals surface area contributed by atoms with Crippen molar-refractivity contribution in [1.82, 2.24) is 5.32 Å². The highest BCUT2D eigenvalue weighted by Crippen LogP contribution is 2.14. The summed E-state index contributed by atoms with van der Waals surface area (Å²) < 4.78 is 13.3. The molecule has 1 amide bonds. The molecule has 0 saturated heterocycles. The van der Waals surface area contributed by atoms with Crippen LogP contribution in [0.1, 0.15) is 12.0 Å². The van der Waals surface area contributed by atoms with Gasteiger partial charge in [0.2, 0.25) is 5.91 Å². The summed E-state index contributed by atoms with van der Waals surface area (Å²) in [5, 5.41) is 3.14. The van der Waals surface area contributed by atoms with Gasteiger partial charge in [0.1, 0.15) is 5.82 Å². The Balaban J connectivity index is 2.42. The molecule has 0 heterocycles. The Morgan fingerprint density at radius 3 is 2.94 bits per heavy atom. The van der Waals surface area contributed by atoms with Crippen molar-refractivity contribution in [2.24, 2.45) is 5.73 Å². The molecular formula is C11H14ClFN2O. The average Bonchev–Trinajstić information content (AvgIpc) is 2.23. The normalized spacial score (nSPS) is 10.2. The summed E-state index contributed by atoms with van der Waals surface area (Å²) in [5.74, 6) is -0.428. The number of carbonyl (C=O) groups is 1. The highest BCUT2D eigenvalue weighted by Gasteiger charge is 2.04. The SMILES string of the molecule is NCCC(=O)NCCc1cc(Cl)ccc1F. The van der Waals surface area contributed by atoms with Crippen LogP contribution < -0.4 is 11.1 Å². The number of nitrogens with two attached hydrogens (primary N) is 1. The minimum atomic E-state index is -0.308. The van der Waals surface area contributed by atoms with Crippen molar-refractivity contribution in [1.29, 1.82) is 0 Å². The summed E-state index contributed by atoms with van der Waals surface area (Å²) in [4.78, 5) is 11.1. The quantitative estimate of drug-likeness (QED) is 0.825. The largest absolute Gasteiger partial charge is 0.356 e. The Morgan fingerprint density at radius 1 is 1.50 bits per heavy atom. The van der Waals surface area contributed by atoms with Crippen LogP contribution in [0.2, 0.25) is 5.02 Å². The second kappa shape index (κ2) is 6.45. The number of hydrogen-bond donors (Lipinski definition) is 2. The van der Waals surface area contributed by atoms with Gasteiger partial charge in [0.15, 0.2) is 0 Å². The fourth-order valence-corrected chi connectivity index (χ4v) is 1.49. The number of carbonyl (C=O) groups excluding carboxylic acids is 1. The molecule has 0 saturated carbocycles. The molecule has 0 fully saturated rings. The van der Waals surface area contributed by atoms with E-state index >= 15 is 0 Å². The Bertz CT molecular complexity index is 371. The summed E-state index contributed by atoms with van der Waals surface area (Å²) >= 11 is 5.74. The first kappa shape index (κ1) is 12.9. The zero-order valence-electron chi connectivity index (χ0n) is 8.80. The number of rotatable bonds is 5. The van der Waals surface area contributed by atoms with Crippen molar-refractivity contribution in [3.05, 3.63) is 34.6 Å². The highest BCUT2D eigenvalue weighted by atomic mass is 35.5.